The molecular formula is C21H23N5O3. The third-order valence-corrected chi connectivity index (χ3v) is 4.87. The summed E-state index contributed by atoms with van der Waals surface area (Å²) in [5.41, 5.74) is 0. The molecule has 0 aliphatic carbocycles. The molecule has 1 saturated heterocycles. The average molecular weight is 393 g/mol. The van der Waals surface area contributed by atoms with E-state index in [-0.39, 0.29) is 12.5 Å². The molecule has 1 aliphatic heterocycles. The van der Waals surface area contributed by atoms with Crippen molar-refractivity contribution >= 4 is 11.7 Å². The van der Waals surface area contributed by atoms with Crippen LogP contribution in [0.4, 0.5) is 5.82 Å². The molecule has 8 heteroatoms. The summed E-state index contributed by atoms with van der Waals surface area (Å²) in [5, 5.41) is 8.62. The summed E-state index contributed by atoms with van der Waals surface area (Å²) in [4.78, 5) is 16.4. The monoisotopic (exact) mass is 393 g/mol. The highest BCUT2D eigenvalue weighted by Crippen LogP contribution is 2.19. The molecular weight excluding hydrogens is 370 g/mol. The van der Waals surface area contributed by atoms with E-state index >= 15 is 0 Å². The number of methoxy groups -OCH3 is 1. The topological polar surface area (TPSA) is 72.7 Å². The molecule has 0 unspecified atom stereocenters. The minimum absolute atomic E-state index is 0.0124. The predicted molar refractivity (Wildman–Crippen MR) is 109 cm³/mol. The standard InChI is InChI=1S/C21H23N5O3/c1-28-17-5-4-6-18(15-17)29-16-21(27)26-13-11-25(12-14-26)20-8-7-19(22-23-20)24-9-2-3-10-24/h2-10,15H,11-14,16H2,1H3. The van der Waals surface area contributed by atoms with E-state index in [9.17, 15) is 4.79 Å². The van der Waals surface area contributed by atoms with E-state index in [0.29, 0.717) is 37.7 Å². The van der Waals surface area contributed by atoms with Crippen molar-refractivity contribution in [1.29, 1.82) is 0 Å². The first kappa shape index (κ1) is 18.8. The number of nitrogens with zero attached hydrogens (tertiary/aromatic N) is 5. The van der Waals surface area contributed by atoms with Crippen molar-refractivity contribution in [3.05, 3.63) is 60.9 Å². The van der Waals surface area contributed by atoms with Crippen LogP contribution in [0.3, 0.4) is 0 Å². The number of carbonyl (C=O) groups is 1. The van der Waals surface area contributed by atoms with Crippen LogP contribution >= 0.6 is 0 Å². The number of benzene rings is 1. The van der Waals surface area contributed by atoms with E-state index in [1.165, 1.54) is 0 Å². The van der Waals surface area contributed by atoms with Gasteiger partial charge in [0.2, 0.25) is 0 Å². The number of ether oxygens (including phenoxy) is 2. The van der Waals surface area contributed by atoms with Crippen molar-refractivity contribution in [1.82, 2.24) is 19.7 Å². The minimum Gasteiger partial charge on any atom is -0.497 e. The molecule has 150 valence electrons. The molecule has 3 aromatic rings. The van der Waals surface area contributed by atoms with Gasteiger partial charge >= 0.3 is 0 Å². The largest absolute Gasteiger partial charge is 0.497 e. The molecule has 1 aromatic carbocycles. The van der Waals surface area contributed by atoms with Crippen molar-refractivity contribution in [2.75, 3.05) is 44.8 Å². The molecule has 1 fully saturated rings. The Morgan fingerprint density at radius 2 is 1.62 bits per heavy atom. The Bertz CT molecular complexity index is 935. The normalized spacial score (nSPS) is 14.0. The first-order chi connectivity index (χ1) is 14.2. The maximum atomic E-state index is 12.5. The summed E-state index contributed by atoms with van der Waals surface area (Å²) in [7, 11) is 1.60. The van der Waals surface area contributed by atoms with Crippen LogP contribution in [0.15, 0.2) is 60.9 Å². The summed E-state index contributed by atoms with van der Waals surface area (Å²) >= 11 is 0. The van der Waals surface area contributed by atoms with Gasteiger partial charge in [-0.25, -0.2) is 0 Å². The van der Waals surface area contributed by atoms with Gasteiger partial charge in [-0.15, -0.1) is 10.2 Å². The van der Waals surface area contributed by atoms with E-state index in [1.807, 2.05) is 64.3 Å². The highest BCUT2D eigenvalue weighted by atomic mass is 16.5. The van der Waals surface area contributed by atoms with E-state index in [0.717, 1.165) is 11.6 Å². The Morgan fingerprint density at radius 1 is 0.931 bits per heavy atom. The Morgan fingerprint density at radius 3 is 2.31 bits per heavy atom. The van der Waals surface area contributed by atoms with Gasteiger partial charge in [0.15, 0.2) is 18.2 Å². The number of anilines is 1. The zero-order valence-electron chi connectivity index (χ0n) is 16.3. The van der Waals surface area contributed by atoms with E-state index in [4.69, 9.17) is 9.47 Å². The van der Waals surface area contributed by atoms with Gasteiger partial charge in [0.1, 0.15) is 11.5 Å². The summed E-state index contributed by atoms with van der Waals surface area (Å²) < 4.78 is 12.7. The Hall–Kier alpha value is -3.55. The summed E-state index contributed by atoms with van der Waals surface area (Å²) in [6.07, 6.45) is 3.86. The van der Waals surface area contributed by atoms with Crippen molar-refractivity contribution < 1.29 is 14.3 Å². The second-order valence-corrected chi connectivity index (χ2v) is 6.68. The van der Waals surface area contributed by atoms with Crippen molar-refractivity contribution in [2.24, 2.45) is 0 Å². The molecule has 2 aromatic heterocycles. The van der Waals surface area contributed by atoms with Crippen LogP contribution in [-0.2, 0) is 4.79 Å². The number of carbonyl (C=O) groups excluding carboxylic acids is 1. The van der Waals surface area contributed by atoms with Crippen LogP contribution in [0.1, 0.15) is 0 Å². The highest BCUT2D eigenvalue weighted by Gasteiger charge is 2.22. The number of rotatable bonds is 6. The van der Waals surface area contributed by atoms with Gasteiger partial charge < -0.3 is 23.8 Å². The Labute approximate surface area is 169 Å². The lowest BCUT2D eigenvalue weighted by Gasteiger charge is -2.35. The van der Waals surface area contributed by atoms with Gasteiger partial charge in [-0.3, -0.25) is 4.79 Å². The second-order valence-electron chi connectivity index (χ2n) is 6.68. The molecule has 0 saturated carbocycles. The number of hydrogen-bond donors (Lipinski definition) is 0. The zero-order chi connectivity index (χ0) is 20.1. The highest BCUT2D eigenvalue weighted by molar-refractivity contribution is 5.78. The van der Waals surface area contributed by atoms with Crippen LogP contribution in [0.25, 0.3) is 5.82 Å². The number of piperazine rings is 1. The predicted octanol–water partition coefficient (Wildman–Crippen LogP) is 2.00. The zero-order valence-corrected chi connectivity index (χ0v) is 16.3. The first-order valence-corrected chi connectivity index (χ1v) is 9.49. The van der Waals surface area contributed by atoms with Crippen molar-refractivity contribution in [3.63, 3.8) is 0 Å². The average Bonchev–Trinajstić information content (AvgIpc) is 3.33. The molecule has 3 heterocycles. The summed E-state index contributed by atoms with van der Waals surface area (Å²) in [6, 6.07) is 15.0. The fourth-order valence-corrected chi connectivity index (χ4v) is 3.22. The fourth-order valence-electron chi connectivity index (χ4n) is 3.22. The SMILES string of the molecule is COc1cccc(OCC(=O)N2CCN(c3ccc(-n4cccc4)nn3)CC2)c1. The number of hydrogen-bond acceptors (Lipinski definition) is 6. The molecule has 1 aliphatic rings. The Kier molecular flexibility index (Phi) is 5.60. The quantitative estimate of drug-likeness (QED) is 0.638. The van der Waals surface area contributed by atoms with Crippen molar-refractivity contribution in [3.8, 4) is 17.3 Å². The molecule has 0 radical (unpaired) electrons. The molecule has 0 atom stereocenters. The lowest BCUT2D eigenvalue weighted by Crippen LogP contribution is -2.50. The summed E-state index contributed by atoms with van der Waals surface area (Å²) in [5.74, 6) is 2.89. The third-order valence-electron chi connectivity index (χ3n) is 4.87. The van der Waals surface area contributed by atoms with Crippen LogP contribution in [0.5, 0.6) is 11.5 Å². The molecule has 8 nitrogen and oxygen atoms in total. The molecule has 29 heavy (non-hydrogen) atoms. The van der Waals surface area contributed by atoms with Gasteiger partial charge in [0, 0.05) is 44.6 Å². The van der Waals surface area contributed by atoms with Gasteiger partial charge in [0.25, 0.3) is 5.91 Å². The first-order valence-electron chi connectivity index (χ1n) is 9.49. The maximum Gasteiger partial charge on any atom is 0.260 e. The van der Waals surface area contributed by atoms with Crippen LogP contribution in [-0.4, -0.2) is 65.5 Å². The number of amides is 1. The maximum absolute atomic E-state index is 12.5. The molecule has 0 spiro atoms. The van der Waals surface area contributed by atoms with Crippen LogP contribution in [0.2, 0.25) is 0 Å². The van der Waals surface area contributed by atoms with E-state index in [2.05, 4.69) is 15.1 Å². The van der Waals surface area contributed by atoms with Gasteiger partial charge in [-0.05, 0) is 36.4 Å². The summed E-state index contributed by atoms with van der Waals surface area (Å²) in [6.45, 7) is 2.69. The van der Waals surface area contributed by atoms with Crippen LogP contribution < -0.4 is 14.4 Å². The van der Waals surface area contributed by atoms with E-state index in [1.54, 1.807) is 13.2 Å². The third kappa shape index (κ3) is 4.48. The van der Waals surface area contributed by atoms with E-state index < -0.39 is 0 Å². The molecule has 0 bridgehead atoms. The van der Waals surface area contributed by atoms with Crippen molar-refractivity contribution in [2.45, 2.75) is 0 Å². The molecule has 1 amide bonds. The van der Waals surface area contributed by atoms with Gasteiger partial charge in [-0.1, -0.05) is 6.07 Å². The second kappa shape index (κ2) is 8.64. The van der Waals surface area contributed by atoms with Gasteiger partial charge in [-0.2, -0.15) is 0 Å². The molecule has 4 rings (SSSR count). The lowest BCUT2D eigenvalue weighted by atomic mass is 10.3. The smallest absolute Gasteiger partial charge is 0.260 e. The number of aromatic nitrogens is 3. The molecule has 0 N–H and O–H groups in total. The fraction of sp³-hybridized carbons (Fsp3) is 0.286. The van der Waals surface area contributed by atoms with Crippen LogP contribution in [0, 0.1) is 0 Å². The van der Waals surface area contributed by atoms with Gasteiger partial charge in [0.05, 0.1) is 7.11 Å². The lowest BCUT2D eigenvalue weighted by molar-refractivity contribution is -0.133. The Balaban J connectivity index is 1.28. The minimum atomic E-state index is -0.0264.